The van der Waals surface area contributed by atoms with Crippen LogP contribution in [-0.2, 0) is 9.84 Å². The molecule has 0 unspecified atom stereocenters. The molecule has 1 amide bonds. The Kier molecular flexibility index (Phi) is 5.64. The summed E-state index contributed by atoms with van der Waals surface area (Å²) >= 11 is 1.39. The lowest BCUT2D eigenvalue weighted by Gasteiger charge is -2.31. The molecule has 0 N–H and O–H groups in total. The van der Waals surface area contributed by atoms with E-state index in [2.05, 4.69) is 4.98 Å². The Morgan fingerprint density at radius 2 is 1.72 bits per heavy atom. The van der Waals surface area contributed by atoms with Crippen molar-refractivity contribution in [1.82, 2.24) is 9.88 Å². The molecule has 0 spiro atoms. The van der Waals surface area contributed by atoms with E-state index in [1.54, 1.807) is 65.7 Å². The van der Waals surface area contributed by atoms with Crippen LogP contribution in [0.3, 0.4) is 0 Å². The summed E-state index contributed by atoms with van der Waals surface area (Å²) in [7, 11) is -3.37. The smallest absolute Gasteiger partial charge is 0.278 e. The molecular formula is C21H20N2O4S2. The van der Waals surface area contributed by atoms with Gasteiger partial charge in [0.2, 0.25) is 0 Å². The van der Waals surface area contributed by atoms with Gasteiger partial charge >= 0.3 is 0 Å². The van der Waals surface area contributed by atoms with E-state index in [0.717, 1.165) is 0 Å². The first-order valence-corrected chi connectivity index (χ1v) is 11.7. The van der Waals surface area contributed by atoms with E-state index < -0.39 is 15.1 Å². The predicted molar refractivity (Wildman–Crippen MR) is 111 cm³/mol. The molecule has 6 nitrogen and oxygen atoms in total. The molecule has 3 aromatic rings. The number of aromatic nitrogens is 1. The number of ether oxygens (including phenoxy) is 1. The number of thiazole rings is 1. The van der Waals surface area contributed by atoms with Gasteiger partial charge in [-0.15, -0.1) is 0 Å². The van der Waals surface area contributed by atoms with Crippen LogP contribution in [0.2, 0.25) is 0 Å². The summed E-state index contributed by atoms with van der Waals surface area (Å²) in [4.78, 5) is 18.9. The molecule has 1 aromatic heterocycles. The van der Waals surface area contributed by atoms with Crippen LogP contribution in [0.4, 0.5) is 0 Å². The van der Waals surface area contributed by atoms with Gasteiger partial charge in [0.05, 0.1) is 10.1 Å². The molecule has 2 aromatic carbocycles. The van der Waals surface area contributed by atoms with E-state index in [-0.39, 0.29) is 5.91 Å². The van der Waals surface area contributed by atoms with Crippen LogP contribution in [0, 0.1) is 0 Å². The largest absolute Gasteiger partial charge is 0.431 e. The lowest BCUT2D eigenvalue weighted by atomic mass is 10.1. The first kappa shape index (κ1) is 19.6. The van der Waals surface area contributed by atoms with Crippen LogP contribution in [0.25, 0.3) is 0 Å². The molecule has 1 saturated heterocycles. The first-order valence-electron chi connectivity index (χ1n) is 9.30. The maximum atomic E-state index is 12.8. The van der Waals surface area contributed by atoms with Crippen molar-refractivity contribution in [3.63, 3.8) is 0 Å². The van der Waals surface area contributed by atoms with Crippen LogP contribution in [0.15, 0.2) is 71.1 Å². The second-order valence-electron chi connectivity index (χ2n) is 6.77. The summed E-state index contributed by atoms with van der Waals surface area (Å²) in [5.41, 5.74) is 0.556. The third kappa shape index (κ3) is 4.33. The molecule has 0 atom stereocenters. The molecule has 1 aliphatic rings. The van der Waals surface area contributed by atoms with Crippen molar-refractivity contribution in [2.45, 2.75) is 23.0 Å². The Morgan fingerprint density at radius 3 is 2.34 bits per heavy atom. The normalized spacial score (nSPS) is 15.2. The highest BCUT2D eigenvalue weighted by Gasteiger charge is 2.32. The van der Waals surface area contributed by atoms with Gasteiger partial charge in [0.25, 0.3) is 11.1 Å². The number of carbonyl (C=O) groups is 1. The average Bonchev–Trinajstić information content (AvgIpc) is 3.27. The lowest BCUT2D eigenvalue weighted by Crippen LogP contribution is -2.42. The highest BCUT2D eigenvalue weighted by atomic mass is 32.2. The van der Waals surface area contributed by atoms with Crippen LogP contribution >= 0.6 is 11.3 Å². The van der Waals surface area contributed by atoms with Crippen molar-refractivity contribution in [3.8, 4) is 10.9 Å². The standard InChI is InChI=1S/C21H20N2O4S2/c24-20(16-6-8-17(9-7-16)27-21-22-12-15-28-21)23-13-10-19(11-14-23)29(25,26)18-4-2-1-3-5-18/h1-9,12,15,19H,10-11,13-14H2. The minimum absolute atomic E-state index is 0.0960. The highest BCUT2D eigenvalue weighted by Crippen LogP contribution is 2.26. The zero-order chi connectivity index (χ0) is 20.3. The van der Waals surface area contributed by atoms with E-state index in [4.69, 9.17) is 4.74 Å². The number of carbonyl (C=O) groups excluding carboxylic acids is 1. The van der Waals surface area contributed by atoms with Gasteiger partial charge in [0.15, 0.2) is 9.84 Å². The van der Waals surface area contributed by atoms with E-state index in [9.17, 15) is 13.2 Å². The van der Waals surface area contributed by atoms with E-state index >= 15 is 0 Å². The molecule has 1 aliphatic heterocycles. The van der Waals surface area contributed by atoms with Crippen molar-refractivity contribution < 1.29 is 17.9 Å². The molecule has 0 radical (unpaired) electrons. The van der Waals surface area contributed by atoms with Crippen LogP contribution in [-0.4, -0.2) is 42.5 Å². The van der Waals surface area contributed by atoms with Gasteiger partial charge in [-0.05, 0) is 49.2 Å². The highest BCUT2D eigenvalue weighted by molar-refractivity contribution is 7.92. The maximum absolute atomic E-state index is 12.8. The molecule has 2 heterocycles. The summed E-state index contributed by atoms with van der Waals surface area (Å²) in [5, 5.41) is 1.92. The Bertz CT molecular complexity index is 1060. The minimum Gasteiger partial charge on any atom is -0.431 e. The second-order valence-corrected chi connectivity index (χ2v) is 9.86. The number of sulfone groups is 1. The van der Waals surface area contributed by atoms with Gasteiger partial charge in [-0.1, -0.05) is 29.5 Å². The van der Waals surface area contributed by atoms with Crippen molar-refractivity contribution in [1.29, 1.82) is 0 Å². The van der Waals surface area contributed by atoms with Crippen molar-refractivity contribution >= 4 is 27.1 Å². The molecule has 4 rings (SSSR count). The molecule has 1 fully saturated rings. The first-order chi connectivity index (χ1) is 14.0. The Morgan fingerprint density at radius 1 is 1.03 bits per heavy atom. The molecule has 0 saturated carbocycles. The molecule has 29 heavy (non-hydrogen) atoms. The van der Waals surface area contributed by atoms with Gasteiger partial charge < -0.3 is 9.64 Å². The van der Waals surface area contributed by atoms with E-state index in [0.29, 0.717) is 47.3 Å². The Balaban J connectivity index is 1.38. The number of amides is 1. The van der Waals surface area contributed by atoms with Gasteiger partial charge in [-0.25, -0.2) is 13.4 Å². The molecular weight excluding hydrogens is 408 g/mol. The Labute approximate surface area is 173 Å². The topological polar surface area (TPSA) is 76.6 Å². The van der Waals surface area contributed by atoms with Crippen molar-refractivity contribution in [2.24, 2.45) is 0 Å². The third-order valence-electron chi connectivity index (χ3n) is 4.96. The number of hydrogen-bond donors (Lipinski definition) is 0. The maximum Gasteiger partial charge on any atom is 0.278 e. The number of likely N-dealkylation sites (tertiary alicyclic amines) is 1. The van der Waals surface area contributed by atoms with Crippen LogP contribution in [0.1, 0.15) is 23.2 Å². The summed E-state index contributed by atoms with van der Waals surface area (Å²) in [6, 6.07) is 15.4. The number of piperidine rings is 1. The Hall–Kier alpha value is -2.71. The summed E-state index contributed by atoms with van der Waals surface area (Å²) < 4.78 is 31.2. The van der Waals surface area contributed by atoms with Gasteiger partial charge in [0, 0.05) is 30.2 Å². The average molecular weight is 429 g/mol. The fourth-order valence-electron chi connectivity index (χ4n) is 3.38. The minimum atomic E-state index is -3.37. The predicted octanol–water partition coefficient (Wildman–Crippen LogP) is 4.01. The fraction of sp³-hybridized carbons (Fsp3) is 0.238. The quantitative estimate of drug-likeness (QED) is 0.614. The second kappa shape index (κ2) is 8.34. The summed E-state index contributed by atoms with van der Waals surface area (Å²) in [5.74, 6) is 0.519. The monoisotopic (exact) mass is 428 g/mol. The van der Waals surface area contributed by atoms with Crippen LogP contribution in [0.5, 0.6) is 10.9 Å². The third-order valence-corrected chi connectivity index (χ3v) is 7.88. The van der Waals surface area contributed by atoms with Crippen LogP contribution < -0.4 is 4.74 Å². The van der Waals surface area contributed by atoms with E-state index in [1.807, 2.05) is 5.38 Å². The summed E-state index contributed by atoms with van der Waals surface area (Å²) in [6.45, 7) is 0.847. The number of benzene rings is 2. The van der Waals surface area contributed by atoms with Crippen molar-refractivity contribution in [3.05, 3.63) is 71.7 Å². The van der Waals surface area contributed by atoms with Gasteiger partial charge in [-0.3, -0.25) is 4.79 Å². The SMILES string of the molecule is O=C(c1ccc(Oc2nccs2)cc1)N1CCC(S(=O)(=O)c2ccccc2)CC1. The molecule has 8 heteroatoms. The molecule has 0 aliphatic carbocycles. The van der Waals surface area contributed by atoms with Crippen molar-refractivity contribution in [2.75, 3.05) is 13.1 Å². The van der Waals surface area contributed by atoms with Gasteiger partial charge in [0.1, 0.15) is 5.75 Å². The summed E-state index contributed by atoms with van der Waals surface area (Å²) in [6.07, 6.45) is 2.54. The zero-order valence-electron chi connectivity index (χ0n) is 15.6. The fourth-order valence-corrected chi connectivity index (χ4v) is 5.64. The molecule has 150 valence electrons. The number of hydrogen-bond acceptors (Lipinski definition) is 6. The number of nitrogens with zero attached hydrogens (tertiary/aromatic N) is 2. The number of rotatable bonds is 5. The lowest BCUT2D eigenvalue weighted by molar-refractivity contribution is 0.0725. The van der Waals surface area contributed by atoms with Gasteiger partial charge in [-0.2, -0.15) is 0 Å². The zero-order valence-corrected chi connectivity index (χ0v) is 17.2. The molecule has 0 bridgehead atoms. The van der Waals surface area contributed by atoms with E-state index in [1.165, 1.54) is 11.3 Å².